The Balaban J connectivity index is 1.51. The number of nitrogens with one attached hydrogen (secondary N) is 1. The second-order valence-electron chi connectivity index (χ2n) is 7.79. The number of hydrogen-bond acceptors (Lipinski definition) is 4. The summed E-state index contributed by atoms with van der Waals surface area (Å²) in [4.78, 5) is 50.9. The summed E-state index contributed by atoms with van der Waals surface area (Å²) >= 11 is 0. The predicted octanol–water partition coefficient (Wildman–Crippen LogP) is 1.51. The Labute approximate surface area is 162 Å². The van der Waals surface area contributed by atoms with E-state index in [4.69, 9.17) is 0 Å². The van der Waals surface area contributed by atoms with Crippen LogP contribution in [0.15, 0.2) is 42.5 Å². The van der Waals surface area contributed by atoms with Crippen molar-refractivity contribution < 1.29 is 24.3 Å². The van der Waals surface area contributed by atoms with Crippen molar-refractivity contribution in [1.29, 1.82) is 0 Å². The molecule has 28 heavy (non-hydrogen) atoms. The summed E-state index contributed by atoms with van der Waals surface area (Å²) < 4.78 is 0. The molecule has 1 aromatic rings. The highest BCUT2D eigenvalue weighted by molar-refractivity contribution is 6.09. The predicted molar refractivity (Wildman–Crippen MR) is 98.6 cm³/mol. The van der Waals surface area contributed by atoms with Gasteiger partial charge in [-0.05, 0) is 30.7 Å². The van der Waals surface area contributed by atoms with E-state index in [9.17, 15) is 24.3 Å². The summed E-state index contributed by atoms with van der Waals surface area (Å²) in [7, 11) is 0. The fraction of sp³-hybridized carbons (Fsp3) is 0.429. The maximum atomic E-state index is 12.9. The van der Waals surface area contributed by atoms with Crippen LogP contribution in [-0.2, 0) is 19.2 Å². The summed E-state index contributed by atoms with van der Waals surface area (Å²) in [6.07, 6.45) is 4.55. The molecule has 2 fully saturated rings. The highest BCUT2D eigenvalue weighted by Gasteiger charge is 2.60. The van der Waals surface area contributed by atoms with E-state index in [2.05, 4.69) is 5.32 Å². The molecule has 6 unspecified atom stereocenters. The number of amides is 3. The summed E-state index contributed by atoms with van der Waals surface area (Å²) in [5.41, 5.74) is 0.656. The molecular weight excluding hydrogens is 360 g/mol. The van der Waals surface area contributed by atoms with Crippen molar-refractivity contribution in [2.45, 2.75) is 31.8 Å². The average Bonchev–Trinajstić information content (AvgIpc) is 3.35. The van der Waals surface area contributed by atoms with Crippen LogP contribution in [-0.4, -0.2) is 39.7 Å². The zero-order valence-electron chi connectivity index (χ0n) is 15.4. The molecule has 0 spiro atoms. The Bertz CT molecular complexity index is 835. The molecule has 2 aliphatic carbocycles. The molecule has 0 aromatic heterocycles. The quantitative estimate of drug-likeness (QED) is 0.573. The van der Waals surface area contributed by atoms with Crippen LogP contribution >= 0.6 is 0 Å². The lowest BCUT2D eigenvalue weighted by Gasteiger charge is -2.26. The summed E-state index contributed by atoms with van der Waals surface area (Å²) in [6, 6.07) is 7.07. The molecule has 2 bridgehead atoms. The number of benzene rings is 1. The number of carboxylic acid groups (broad SMARTS) is 1. The Kier molecular flexibility index (Phi) is 4.53. The Hall–Kier alpha value is -2.96. The standard InChI is InChI=1S/C21H22N2O5/c1-11(19(26)22-15(10-16(24)25)12-5-3-2-4-6-12)23-20(27)17-13-7-8-14(9-13)18(17)21(23)28/h2-8,11,13-15,17-18H,9-10H2,1H3,(H,22,26)(H,24,25). The topological polar surface area (TPSA) is 104 Å². The van der Waals surface area contributed by atoms with Crippen molar-refractivity contribution in [3.8, 4) is 0 Å². The van der Waals surface area contributed by atoms with E-state index in [1.165, 1.54) is 6.92 Å². The molecule has 1 aromatic carbocycles. The molecule has 7 nitrogen and oxygen atoms in total. The van der Waals surface area contributed by atoms with Gasteiger partial charge in [0.25, 0.3) is 0 Å². The Morgan fingerprint density at radius 3 is 2.21 bits per heavy atom. The Morgan fingerprint density at radius 1 is 1.11 bits per heavy atom. The summed E-state index contributed by atoms with van der Waals surface area (Å²) in [5.74, 6) is -2.72. The fourth-order valence-electron chi connectivity index (χ4n) is 4.83. The molecule has 3 aliphatic rings. The molecule has 146 valence electrons. The molecule has 1 saturated heterocycles. The zero-order chi connectivity index (χ0) is 20.0. The molecule has 1 saturated carbocycles. The lowest BCUT2D eigenvalue weighted by atomic mass is 9.85. The first-order valence-corrected chi connectivity index (χ1v) is 9.51. The lowest BCUT2D eigenvalue weighted by Crippen LogP contribution is -2.49. The number of likely N-dealkylation sites (tertiary alicyclic amines) is 1. The van der Waals surface area contributed by atoms with Crippen LogP contribution < -0.4 is 5.32 Å². The first kappa shape index (κ1) is 18.4. The van der Waals surface area contributed by atoms with Gasteiger partial charge in [-0.3, -0.25) is 24.1 Å². The normalized spacial score (nSPS) is 29.7. The highest BCUT2D eigenvalue weighted by atomic mass is 16.4. The molecular formula is C21H22N2O5. The number of carbonyl (C=O) groups excluding carboxylic acids is 3. The third-order valence-electron chi connectivity index (χ3n) is 6.17. The number of fused-ring (bicyclic) bond motifs is 5. The van der Waals surface area contributed by atoms with Gasteiger partial charge >= 0.3 is 5.97 Å². The van der Waals surface area contributed by atoms with Gasteiger partial charge in [-0.2, -0.15) is 0 Å². The number of allylic oxidation sites excluding steroid dienone is 2. The van der Waals surface area contributed by atoms with Gasteiger partial charge in [0.2, 0.25) is 17.7 Å². The molecule has 6 atom stereocenters. The van der Waals surface area contributed by atoms with Gasteiger partial charge < -0.3 is 10.4 Å². The van der Waals surface area contributed by atoms with Crippen molar-refractivity contribution in [1.82, 2.24) is 10.2 Å². The largest absolute Gasteiger partial charge is 0.481 e. The second kappa shape index (κ2) is 6.89. The first-order chi connectivity index (χ1) is 13.4. The smallest absolute Gasteiger partial charge is 0.305 e. The van der Waals surface area contributed by atoms with Gasteiger partial charge in [0.15, 0.2) is 0 Å². The van der Waals surface area contributed by atoms with Crippen molar-refractivity contribution >= 4 is 23.7 Å². The van der Waals surface area contributed by atoms with E-state index in [0.717, 1.165) is 11.3 Å². The van der Waals surface area contributed by atoms with Gasteiger partial charge in [-0.1, -0.05) is 42.5 Å². The zero-order valence-corrected chi connectivity index (χ0v) is 15.4. The third kappa shape index (κ3) is 2.91. The van der Waals surface area contributed by atoms with E-state index in [1.807, 2.05) is 12.2 Å². The third-order valence-corrected chi connectivity index (χ3v) is 6.17. The first-order valence-electron chi connectivity index (χ1n) is 9.51. The van der Waals surface area contributed by atoms with Gasteiger partial charge in [0, 0.05) is 0 Å². The number of rotatable bonds is 6. The van der Waals surface area contributed by atoms with Gasteiger partial charge in [0.05, 0.1) is 24.3 Å². The van der Waals surface area contributed by atoms with Crippen LogP contribution in [0.3, 0.4) is 0 Å². The molecule has 2 N–H and O–H groups in total. The minimum atomic E-state index is -1.05. The van der Waals surface area contributed by atoms with Crippen LogP contribution in [0, 0.1) is 23.7 Å². The maximum Gasteiger partial charge on any atom is 0.305 e. The van der Waals surface area contributed by atoms with Crippen LogP contribution in [0.1, 0.15) is 31.4 Å². The molecule has 1 aliphatic heterocycles. The monoisotopic (exact) mass is 382 g/mol. The number of carboxylic acids is 1. The van der Waals surface area contributed by atoms with Crippen molar-refractivity contribution in [2.75, 3.05) is 0 Å². The van der Waals surface area contributed by atoms with Crippen LogP contribution in [0.4, 0.5) is 0 Å². The molecule has 4 rings (SSSR count). The van der Waals surface area contributed by atoms with E-state index in [-0.39, 0.29) is 41.9 Å². The molecule has 1 heterocycles. The number of nitrogens with zero attached hydrogens (tertiary/aromatic N) is 1. The van der Waals surface area contributed by atoms with Gasteiger partial charge in [0.1, 0.15) is 6.04 Å². The number of hydrogen-bond donors (Lipinski definition) is 2. The molecule has 7 heteroatoms. The molecule has 0 radical (unpaired) electrons. The van der Waals surface area contributed by atoms with Crippen molar-refractivity contribution in [3.05, 3.63) is 48.0 Å². The van der Waals surface area contributed by atoms with E-state index in [0.29, 0.717) is 5.56 Å². The average molecular weight is 382 g/mol. The van der Waals surface area contributed by atoms with Crippen molar-refractivity contribution in [3.63, 3.8) is 0 Å². The maximum absolute atomic E-state index is 12.9. The fourth-order valence-corrected chi connectivity index (χ4v) is 4.83. The van der Waals surface area contributed by atoms with Crippen LogP contribution in [0.25, 0.3) is 0 Å². The van der Waals surface area contributed by atoms with E-state index < -0.39 is 24.0 Å². The van der Waals surface area contributed by atoms with Crippen molar-refractivity contribution in [2.24, 2.45) is 23.7 Å². The van der Waals surface area contributed by atoms with Crippen LogP contribution in [0.5, 0.6) is 0 Å². The van der Waals surface area contributed by atoms with E-state index in [1.54, 1.807) is 30.3 Å². The number of carbonyl (C=O) groups is 4. The van der Waals surface area contributed by atoms with Crippen LogP contribution in [0.2, 0.25) is 0 Å². The van der Waals surface area contributed by atoms with Gasteiger partial charge in [-0.15, -0.1) is 0 Å². The Morgan fingerprint density at radius 2 is 1.68 bits per heavy atom. The lowest BCUT2D eigenvalue weighted by molar-refractivity contribution is -0.148. The minimum Gasteiger partial charge on any atom is -0.481 e. The summed E-state index contributed by atoms with van der Waals surface area (Å²) in [5, 5.41) is 11.9. The van der Waals surface area contributed by atoms with E-state index >= 15 is 0 Å². The van der Waals surface area contributed by atoms with Gasteiger partial charge in [-0.25, -0.2) is 0 Å². The number of imide groups is 1. The molecule has 3 amide bonds. The summed E-state index contributed by atoms with van der Waals surface area (Å²) in [6.45, 7) is 1.52. The second-order valence-corrected chi connectivity index (χ2v) is 7.79. The number of aliphatic carboxylic acids is 1. The minimum absolute atomic E-state index is 0.0794. The highest BCUT2D eigenvalue weighted by Crippen LogP contribution is 2.52. The SMILES string of the molecule is CC(C(=O)NC(CC(=O)O)c1ccccc1)N1C(=O)C2C3C=CC(C3)C2C1=O.